The molecule has 0 aliphatic carbocycles. The predicted molar refractivity (Wildman–Crippen MR) is 103 cm³/mol. The summed E-state index contributed by atoms with van der Waals surface area (Å²) in [4.78, 5) is 11.4. The molecule has 0 saturated heterocycles. The third-order valence-corrected chi connectivity index (χ3v) is 3.98. The van der Waals surface area contributed by atoms with Crippen LogP contribution in [0.2, 0.25) is 0 Å². The molecule has 0 fully saturated rings. The first-order chi connectivity index (χ1) is 12.2. The Morgan fingerprint density at radius 1 is 0.920 bits per heavy atom. The van der Waals surface area contributed by atoms with Crippen molar-refractivity contribution < 1.29 is 19.7 Å². The molecule has 0 aromatic heterocycles. The maximum Gasteiger partial charge on any atom is 0.305 e. The first-order valence-corrected chi connectivity index (χ1v) is 9.95. The lowest BCUT2D eigenvalue weighted by Gasteiger charge is -2.08. The zero-order valence-corrected chi connectivity index (χ0v) is 16.0. The minimum absolute atomic E-state index is 0.115. The van der Waals surface area contributed by atoms with Crippen molar-refractivity contribution in [3.05, 3.63) is 24.3 Å². The number of carbonyl (C=O) groups is 1. The summed E-state index contributed by atoms with van der Waals surface area (Å²) in [7, 11) is 0. The van der Waals surface area contributed by atoms with Crippen molar-refractivity contribution in [1.29, 1.82) is 0 Å². The maximum atomic E-state index is 11.4. The highest BCUT2D eigenvalue weighted by Gasteiger charge is 2.07. The van der Waals surface area contributed by atoms with Crippen LogP contribution in [0.5, 0.6) is 0 Å². The van der Waals surface area contributed by atoms with Gasteiger partial charge >= 0.3 is 5.97 Å². The molecule has 4 nitrogen and oxygen atoms in total. The number of allylic oxidation sites excluding steroid dienone is 4. The number of hydrogen-bond acceptors (Lipinski definition) is 4. The molecule has 0 saturated carbocycles. The van der Waals surface area contributed by atoms with Gasteiger partial charge in [-0.25, -0.2) is 0 Å². The van der Waals surface area contributed by atoms with Crippen molar-refractivity contribution in [1.82, 2.24) is 0 Å². The van der Waals surface area contributed by atoms with Crippen molar-refractivity contribution in [3.8, 4) is 0 Å². The Balaban J connectivity index is 3.30. The Hall–Kier alpha value is -1.13. The molecule has 1 atom stereocenters. The lowest BCUT2D eigenvalue weighted by atomic mass is 10.1. The normalized spacial score (nSPS) is 12.9. The molecule has 0 spiro atoms. The Morgan fingerprint density at radius 2 is 1.52 bits per heavy atom. The number of ether oxygens (including phenoxy) is 1. The van der Waals surface area contributed by atoms with Crippen LogP contribution in [0, 0.1) is 0 Å². The van der Waals surface area contributed by atoms with Crippen LogP contribution in [0.1, 0.15) is 84.0 Å². The molecule has 146 valence electrons. The summed E-state index contributed by atoms with van der Waals surface area (Å²) in [6, 6.07) is 0. The maximum absolute atomic E-state index is 11.4. The lowest BCUT2D eigenvalue weighted by molar-refractivity contribution is -0.147. The summed E-state index contributed by atoms with van der Waals surface area (Å²) in [5, 5.41) is 17.7. The van der Waals surface area contributed by atoms with E-state index >= 15 is 0 Å². The van der Waals surface area contributed by atoms with Gasteiger partial charge in [-0.15, -0.1) is 0 Å². The average molecular weight is 355 g/mol. The van der Waals surface area contributed by atoms with Gasteiger partial charge in [-0.2, -0.15) is 0 Å². The molecule has 0 rings (SSSR count). The average Bonchev–Trinajstić information content (AvgIpc) is 2.62. The van der Waals surface area contributed by atoms with Gasteiger partial charge < -0.3 is 14.9 Å². The first kappa shape index (κ1) is 23.9. The van der Waals surface area contributed by atoms with Gasteiger partial charge in [-0.1, -0.05) is 63.3 Å². The number of unbranched alkanes of at least 4 members (excludes halogenated alkanes) is 8. The monoisotopic (exact) mass is 354 g/mol. The second-order valence-corrected chi connectivity index (χ2v) is 6.50. The summed E-state index contributed by atoms with van der Waals surface area (Å²) < 4.78 is 4.85. The zero-order valence-electron chi connectivity index (χ0n) is 16.0. The number of aliphatic hydroxyl groups excluding tert-OH is 2. The van der Waals surface area contributed by atoms with Gasteiger partial charge in [0, 0.05) is 6.42 Å². The van der Waals surface area contributed by atoms with Gasteiger partial charge in [0.1, 0.15) is 12.7 Å². The van der Waals surface area contributed by atoms with Gasteiger partial charge in [0.25, 0.3) is 0 Å². The topological polar surface area (TPSA) is 66.8 Å². The molecule has 0 radical (unpaired) electrons. The first-order valence-electron chi connectivity index (χ1n) is 9.95. The van der Waals surface area contributed by atoms with Crippen molar-refractivity contribution in [2.45, 2.75) is 90.1 Å². The fourth-order valence-corrected chi connectivity index (χ4v) is 2.39. The van der Waals surface area contributed by atoms with E-state index < -0.39 is 6.10 Å². The van der Waals surface area contributed by atoms with E-state index in [9.17, 15) is 4.79 Å². The standard InChI is InChI=1S/C21H38O4/c1-2-3-4-5-6-7-8-9-10-11-12-13-14-15-16-17-21(24)25-19-20(23)18-22/h6-7,9-10,20,22-23H,2-5,8,11-19H2,1H3/t20-/m0/s1. The van der Waals surface area contributed by atoms with E-state index in [1.54, 1.807) is 0 Å². The van der Waals surface area contributed by atoms with Crippen molar-refractivity contribution >= 4 is 5.97 Å². The second kappa shape index (κ2) is 19.2. The Morgan fingerprint density at radius 3 is 2.16 bits per heavy atom. The van der Waals surface area contributed by atoms with E-state index in [0.29, 0.717) is 6.42 Å². The Kier molecular flexibility index (Phi) is 18.3. The minimum Gasteiger partial charge on any atom is -0.463 e. The number of esters is 1. The summed E-state index contributed by atoms with van der Waals surface area (Å²) in [5.74, 6) is -0.293. The molecule has 0 amide bonds. The molecular formula is C21H38O4. The van der Waals surface area contributed by atoms with Gasteiger partial charge in [0.05, 0.1) is 6.61 Å². The molecule has 2 N–H and O–H groups in total. The highest BCUT2D eigenvalue weighted by atomic mass is 16.5. The largest absolute Gasteiger partial charge is 0.463 e. The van der Waals surface area contributed by atoms with Crippen molar-refractivity contribution in [2.75, 3.05) is 13.2 Å². The smallest absolute Gasteiger partial charge is 0.305 e. The minimum atomic E-state index is -0.964. The third kappa shape index (κ3) is 19.0. The van der Waals surface area contributed by atoms with Gasteiger partial charge in [-0.05, 0) is 38.5 Å². The number of hydrogen-bond donors (Lipinski definition) is 2. The Bertz CT molecular complexity index is 350. The lowest BCUT2D eigenvalue weighted by Crippen LogP contribution is -2.21. The number of carbonyl (C=O) groups excluding carboxylic acids is 1. The van der Waals surface area contributed by atoms with E-state index in [1.807, 2.05) is 0 Å². The highest BCUT2D eigenvalue weighted by molar-refractivity contribution is 5.69. The van der Waals surface area contributed by atoms with Crippen LogP contribution in [0.25, 0.3) is 0 Å². The van der Waals surface area contributed by atoms with Crippen molar-refractivity contribution in [3.63, 3.8) is 0 Å². The molecule has 4 heteroatoms. The van der Waals surface area contributed by atoms with E-state index in [4.69, 9.17) is 14.9 Å². The molecule has 0 aliphatic rings. The fraction of sp³-hybridized carbons (Fsp3) is 0.762. The highest BCUT2D eigenvalue weighted by Crippen LogP contribution is 2.08. The van der Waals surface area contributed by atoms with E-state index in [0.717, 1.165) is 32.1 Å². The Labute approximate surface area is 154 Å². The van der Waals surface area contributed by atoms with Gasteiger partial charge in [0.2, 0.25) is 0 Å². The van der Waals surface area contributed by atoms with Gasteiger partial charge in [-0.3, -0.25) is 4.79 Å². The zero-order chi connectivity index (χ0) is 18.6. The molecule has 0 aliphatic heterocycles. The van der Waals surface area contributed by atoms with E-state index in [1.165, 1.54) is 38.5 Å². The second-order valence-electron chi connectivity index (χ2n) is 6.50. The molecule has 25 heavy (non-hydrogen) atoms. The number of rotatable bonds is 17. The third-order valence-electron chi connectivity index (χ3n) is 3.98. The van der Waals surface area contributed by atoms with Crippen LogP contribution in [-0.4, -0.2) is 35.5 Å². The van der Waals surface area contributed by atoms with Gasteiger partial charge in [0.15, 0.2) is 0 Å². The predicted octanol–water partition coefficient (Wildman–Crippen LogP) is 4.70. The quantitative estimate of drug-likeness (QED) is 0.226. The summed E-state index contributed by atoms with van der Waals surface area (Å²) in [6.07, 6.45) is 21.1. The van der Waals surface area contributed by atoms with E-state index in [-0.39, 0.29) is 19.2 Å². The molecule has 0 unspecified atom stereocenters. The van der Waals surface area contributed by atoms with Crippen molar-refractivity contribution in [2.24, 2.45) is 0 Å². The molecule has 0 bridgehead atoms. The molecule has 0 aromatic rings. The van der Waals surface area contributed by atoms with Crippen LogP contribution in [0.3, 0.4) is 0 Å². The molecular weight excluding hydrogens is 316 g/mol. The summed E-state index contributed by atoms with van der Waals surface area (Å²) >= 11 is 0. The van der Waals surface area contributed by atoms with Crippen LogP contribution in [-0.2, 0) is 9.53 Å². The van der Waals surface area contributed by atoms with Crippen LogP contribution < -0.4 is 0 Å². The molecule has 0 aromatic carbocycles. The fourth-order valence-electron chi connectivity index (χ4n) is 2.39. The van der Waals surface area contributed by atoms with Crippen LogP contribution >= 0.6 is 0 Å². The van der Waals surface area contributed by atoms with Crippen LogP contribution in [0.15, 0.2) is 24.3 Å². The van der Waals surface area contributed by atoms with Crippen LogP contribution in [0.4, 0.5) is 0 Å². The molecule has 0 heterocycles. The summed E-state index contributed by atoms with van der Waals surface area (Å²) in [6.45, 7) is 1.74. The number of aliphatic hydroxyl groups is 2. The summed E-state index contributed by atoms with van der Waals surface area (Å²) in [5.41, 5.74) is 0. The SMILES string of the molecule is CCCCCC=CCC=CCCCCCCCC(=O)OC[C@@H](O)CO. The van der Waals surface area contributed by atoms with E-state index in [2.05, 4.69) is 31.2 Å².